The number of pyridine rings is 2. The third-order valence-electron chi connectivity index (χ3n) is 5.70. The number of hydrogen-bond donors (Lipinski definition) is 2. The lowest BCUT2D eigenvalue weighted by Crippen LogP contribution is -2.10. The van der Waals surface area contributed by atoms with Gasteiger partial charge in [0, 0.05) is 41.8 Å². The number of H-pyrrole nitrogens is 2. The lowest BCUT2D eigenvalue weighted by Gasteiger charge is -2.10. The van der Waals surface area contributed by atoms with Gasteiger partial charge in [-0.3, -0.25) is 10.1 Å². The molecule has 0 saturated carbocycles. The minimum atomic E-state index is -0.250. The maximum absolute atomic E-state index is 14.4. The summed E-state index contributed by atoms with van der Waals surface area (Å²) in [4.78, 5) is 14.7. The minimum absolute atomic E-state index is 0.250. The van der Waals surface area contributed by atoms with E-state index in [9.17, 15) is 4.39 Å². The first kappa shape index (κ1) is 21.7. The van der Waals surface area contributed by atoms with E-state index in [0.717, 1.165) is 51.2 Å². The lowest BCUT2D eigenvalue weighted by atomic mass is 9.99. The third-order valence-corrected chi connectivity index (χ3v) is 5.70. The molecular weight excluding hydrogens is 427 g/mol. The molecular formula is C27H25FN6. The summed E-state index contributed by atoms with van der Waals surface area (Å²) in [5, 5.41) is 7.58. The van der Waals surface area contributed by atoms with Gasteiger partial charge in [-0.15, -0.1) is 0 Å². The number of allylic oxidation sites excluding steroid dienone is 1. The molecule has 6 nitrogen and oxygen atoms in total. The van der Waals surface area contributed by atoms with Gasteiger partial charge in [-0.1, -0.05) is 24.3 Å². The largest absolute Gasteiger partial charge is 0.359 e. The molecule has 0 atom stereocenters. The van der Waals surface area contributed by atoms with Crippen molar-refractivity contribution in [2.75, 3.05) is 14.1 Å². The summed E-state index contributed by atoms with van der Waals surface area (Å²) in [7, 11) is 4.06. The average Bonchev–Trinajstić information content (AvgIpc) is 3.47. The molecule has 4 aromatic heterocycles. The quantitative estimate of drug-likeness (QED) is 0.348. The minimum Gasteiger partial charge on any atom is -0.359 e. The molecule has 5 rings (SSSR count). The number of nitrogens with one attached hydrogen (secondary N) is 2. The second-order valence-electron chi connectivity index (χ2n) is 8.47. The number of fused-ring (bicyclic) bond motifs is 1. The van der Waals surface area contributed by atoms with Gasteiger partial charge < -0.3 is 9.88 Å². The van der Waals surface area contributed by atoms with Crippen LogP contribution in [0, 0.1) is 5.82 Å². The summed E-state index contributed by atoms with van der Waals surface area (Å²) in [6.07, 6.45) is 7.49. The molecule has 4 heterocycles. The Morgan fingerprint density at radius 2 is 1.94 bits per heavy atom. The normalized spacial score (nSPS) is 12.1. The number of rotatable bonds is 6. The Morgan fingerprint density at radius 3 is 2.74 bits per heavy atom. The maximum atomic E-state index is 14.4. The predicted molar refractivity (Wildman–Crippen MR) is 133 cm³/mol. The molecule has 5 aromatic rings. The molecule has 0 bridgehead atoms. The van der Waals surface area contributed by atoms with Crippen molar-refractivity contribution < 1.29 is 4.39 Å². The molecule has 170 valence electrons. The highest BCUT2D eigenvalue weighted by atomic mass is 19.1. The zero-order valence-corrected chi connectivity index (χ0v) is 19.3. The fraction of sp³-hybridized carbons (Fsp3) is 0.148. The van der Waals surface area contributed by atoms with Crippen LogP contribution in [-0.4, -0.2) is 44.1 Å². The zero-order chi connectivity index (χ0) is 23.7. The van der Waals surface area contributed by atoms with E-state index in [1.807, 2.05) is 70.0 Å². The van der Waals surface area contributed by atoms with Crippen molar-refractivity contribution in [2.45, 2.75) is 13.5 Å². The molecule has 0 amide bonds. The molecule has 0 unspecified atom stereocenters. The van der Waals surface area contributed by atoms with E-state index in [0.29, 0.717) is 11.3 Å². The van der Waals surface area contributed by atoms with Gasteiger partial charge in [0.25, 0.3) is 0 Å². The standard InChI is InChI=1S/C27H25FN6/c1-4-20(21-7-5-6-8-22(21)28)18-12-25(30-15-18)27-26-24(32-33-27)10-9-23(31-26)19-11-17(13-29-14-19)16-34(2)3/h4-15,30H,16H2,1-3H3,(H,32,33)/b20-4+. The van der Waals surface area contributed by atoms with E-state index in [1.54, 1.807) is 12.1 Å². The van der Waals surface area contributed by atoms with Crippen molar-refractivity contribution in [3.8, 4) is 22.6 Å². The summed E-state index contributed by atoms with van der Waals surface area (Å²) < 4.78 is 14.4. The Balaban J connectivity index is 1.53. The number of nitrogens with zero attached hydrogens (tertiary/aromatic N) is 4. The van der Waals surface area contributed by atoms with Crippen LogP contribution >= 0.6 is 0 Å². The molecule has 0 aliphatic rings. The molecule has 0 fully saturated rings. The Kier molecular flexibility index (Phi) is 5.77. The van der Waals surface area contributed by atoms with Crippen LogP contribution in [0.15, 0.2) is 73.2 Å². The van der Waals surface area contributed by atoms with Crippen LogP contribution in [0.1, 0.15) is 23.6 Å². The van der Waals surface area contributed by atoms with Crippen LogP contribution in [-0.2, 0) is 6.54 Å². The molecule has 0 radical (unpaired) electrons. The first-order chi connectivity index (χ1) is 16.5. The van der Waals surface area contributed by atoms with E-state index in [-0.39, 0.29) is 5.82 Å². The van der Waals surface area contributed by atoms with E-state index in [4.69, 9.17) is 4.98 Å². The van der Waals surface area contributed by atoms with Gasteiger partial charge in [0.1, 0.15) is 17.0 Å². The monoisotopic (exact) mass is 452 g/mol. The highest BCUT2D eigenvalue weighted by Crippen LogP contribution is 2.31. The van der Waals surface area contributed by atoms with Crippen molar-refractivity contribution in [1.82, 2.24) is 30.0 Å². The van der Waals surface area contributed by atoms with Crippen LogP contribution in [0.4, 0.5) is 4.39 Å². The Bertz CT molecular complexity index is 1490. The van der Waals surface area contributed by atoms with Crippen LogP contribution < -0.4 is 0 Å². The van der Waals surface area contributed by atoms with E-state index >= 15 is 0 Å². The Hall–Kier alpha value is -4.10. The van der Waals surface area contributed by atoms with Gasteiger partial charge in [0.05, 0.1) is 16.9 Å². The van der Waals surface area contributed by atoms with Crippen molar-refractivity contribution >= 4 is 16.6 Å². The summed E-state index contributed by atoms with van der Waals surface area (Å²) in [5.74, 6) is -0.250. The van der Waals surface area contributed by atoms with E-state index in [1.165, 1.54) is 6.07 Å². The van der Waals surface area contributed by atoms with E-state index in [2.05, 4.69) is 31.1 Å². The molecule has 0 spiro atoms. The second-order valence-corrected chi connectivity index (χ2v) is 8.47. The van der Waals surface area contributed by atoms with Gasteiger partial charge in [-0.25, -0.2) is 9.37 Å². The molecule has 0 aliphatic heterocycles. The first-order valence-electron chi connectivity index (χ1n) is 11.1. The molecule has 1 aromatic carbocycles. The summed E-state index contributed by atoms with van der Waals surface area (Å²) in [6.45, 7) is 2.71. The number of hydrogen-bond acceptors (Lipinski definition) is 4. The van der Waals surface area contributed by atoms with Gasteiger partial charge >= 0.3 is 0 Å². The average molecular weight is 453 g/mol. The summed E-state index contributed by atoms with van der Waals surface area (Å²) >= 11 is 0. The lowest BCUT2D eigenvalue weighted by molar-refractivity contribution is 0.402. The molecule has 2 N–H and O–H groups in total. The van der Waals surface area contributed by atoms with Crippen molar-refractivity contribution in [3.05, 3.63) is 95.7 Å². The number of halogens is 1. The van der Waals surface area contributed by atoms with E-state index < -0.39 is 0 Å². The SMILES string of the molecule is C/C=C(\c1c[nH]c(-c2n[nH]c3ccc(-c4cncc(CN(C)C)c4)nc23)c1)c1ccccc1F. The number of aromatic nitrogens is 5. The van der Waals surface area contributed by atoms with Gasteiger partial charge in [0.15, 0.2) is 0 Å². The van der Waals surface area contributed by atoms with Gasteiger partial charge in [-0.05, 0) is 62.5 Å². The molecule has 7 heteroatoms. The number of aromatic amines is 2. The third kappa shape index (κ3) is 4.13. The Labute approximate surface area is 197 Å². The zero-order valence-electron chi connectivity index (χ0n) is 19.3. The van der Waals surface area contributed by atoms with Crippen LogP contribution in [0.2, 0.25) is 0 Å². The maximum Gasteiger partial charge on any atom is 0.135 e. The summed E-state index contributed by atoms with van der Waals surface area (Å²) in [6, 6.07) is 14.8. The van der Waals surface area contributed by atoms with Crippen LogP contribution in [0.25, 0.3) is 39.3 Å². The predicted octanol–water partition coefficient (Wildman–Crippen LogP) is 5.67. The topological polar surface area (TPSA) is 73.5 Å². The fourth-order valence-corrected chi connectivity index (χ4v) is 4.17. The van der Waals surface area contributed by atoms with Crippen molar-refractivity contribution in [1.29, 1.82) is 0 Å². The van der Waals surface area contributed by atoms with Gasteiger partial charge in [-0.2, -0.15) is 5.10 Å². The van der Waals surface area contributed by atoms with Crippen LogP contribution in [0.3, 0.4) is 0 Å². The Morgan fingerprint density at radius 1 is 1.09 bits per heavy atom. The number of benzene rings is 1. The summed E-state index contributed by atoms with van der Waals surface area (Å²) in [5.41, 5.74) is 8.29. The molecule has 0 aliphatic carbocycles. The van der Waals surface area contributed by atoms with Crippen molar-refractivity contribution in [3.63, 3.8) is 0 Å². The fourth-order valence-electron chi connectivity index (χ4n) is 4.17. The van der Waals surface area contributed by atoms with Crippen molar-refractivity contribution in [2.24, 2.45) is 0 Å². The first-order valence-corrected chi connectivity index (χ1v) is 11.1. The molecule has 34 heavy (non-hydrogen) atoms. The van der Waals surface area contributed by atoms with Gasteiger partial charge in [0.2, 0.25) is 0 Å². The van der Waals surface area contributed by atoms with Crippen LogP contribution in [0.5, 0.6) is 0 Å². The smallest absolute Gasteiger partial charge is 0.135 e. The second kappa shape index (κ2) is 9.03. The molecule has 0 saturated heterocycles. The highest BCUT2D eigenvalue weighted by Gasteiger charge is 2.16. The highest BCUT2D eigenvalue weighted by molar-refractivity contribution is 5.91.